The van der Waals surface area contributed by atoms with Crippen molar-refractivity contribution in [3.63, 3.8) is 0 Å². The summed E-state index contributed by atoms with van der Waals surface area (Å²) in [6.45, 7) is 0.190. The molecule has 1 aliphatic rings. The van der Waals surface area contributed by atoms with E-state index in [1.54, 1.807) is 29.0 Å². The molecule has 1 amide bonds. The fourth-order valence-corrected chi connectivity index (χ4v) is 4.44. The molecule has 186 valence electrons. The van der Waals surface area contributed by atoms with E-state index in [0.717, 1.165) is 23.8 Å². The number of aromatic carboxylic acids is 1. The van der Waals surface area contributed by atoms with Crippen LogP contribution < -0.4 is 5.32 Å². The third kappa shape index (κ3) is 5.68. The van der Waals surface area contributed by atoms with Gasteiger partial charge in [0.25, 0.3) is 5.91 Å². The van der Waals surface area contributed by atoms with E-state index in [2.05, 4.69) is 5.32 Å². The first-order valence-electron chi connectivity index (χ1n) is 11.2. The Kier molecular flexibility index (Phi) is 7.69. The molecule has 0 unspecified atom stereocenters. The number of aromatic nitrogens is 1. The molecule has 1 heterocycles. The van der Waals surface area contributed by atoms with Gasteiger partial charge in [-0.1, -0.05) is 24.3 Å². The number of carboxylic acid groups (broad SMARTS) is 1. The van der Waals surface area contributed by atoms with Gasteiger partial charge in [-0.25, -0.2) is 9.18 Å². The predicted molar refractivity (Wildman–Crippen MR) is 131 cm³/mol. The number of fused-ring (bicyclic) bond motifs is 1. The summed E-state index contributed by atoms with van der Waals surface area (Å²) in [6, 6.07) is 15.1. The van der Waals surface area contributed by atoms with Crippen LogP contribution in [0, 0.1) is 5.82 Å². The summed E-state index contributed by atoms with van der Waals surface area (Å²) >= 11 is 0. The molecule has 1 aromatic heterocycles. The third-order valence-corrected chi connectivity index (χ3v) is 6.49. The molecule has 1 saturated carbocycles. The number of alkyl halides is 3. The molecule has 3 aromatic carbocycles. The zero-order valence-corrected chi connectivity index (χ0v) is 18.8. The van der Waals surface area contributed by atoms with Crippen LogP contribution >= 0.6 is 0 Å². The molecule has 10 heteroatoms. The molecule has 5 rings (SSSR count). The summed E-state index contributed by atoms with van der Waals surface area (Å²) in [5.41, 5.74) is 0.631. The number of halogens is 4. The number of rotatable bonds is 6. The van der Waals surface area contributed by atoms with Crippen LogP contribution in [0.15, 0.2) is 72.9 Å². The number of benzene rings is 3. The van der Waals surface area contributed by atoms with E-state index in [9.17, 15) is 27.2 Å². The van der Waals surface area contributed by atoms with Crippen LogP contribution in [0.2, 0.25) is 0 Å². The minimum atomic E-state index is -4.44. The molecule has 0 saturated heterocycles. The normalized spacial score (nSPS) is 14.2. The van der Waals surface area contributed by atoms with Gasteiger partial charge < -0.3 is 15.0 Å². The average Bonchev–Trinajstić information content (AvgIpc) is 3.51. The van der Waals surface area contributed by atoms with E-state index >= 15 is 0 Å². The monoisotopic (exact) mass is 536 g/mol. The topological polar surface area (TPSA) is 71.3 Å². The first-order valence-corrected chi connectivity index (χ1v) is 11.2. The zero-order valence-electron chi connectivity index (χ0n) is 18.8. The molecule has 0 spiro atoms. The predicted octanol–water partition coefficient (Wildman–Crippen LogP) is 5.32. The van der Waals surface area contributed by atoms with Crippen LogP contribution in [-0.2, 0) is 18.3 Å². The third-order valence-electron chi connectivity index (χ3n) is 6.49. The molecule has 0 aliphatic heterocycles. The molecule has 1 aliphatic carbocycles. The van der Waals surface area contributed by atoms with Gasteiger partial charge in [-0.15, -0.1) is 0 Å². The van der Waals surface area contributed by atoms with Gasteiger partial charge in [0, 0.05) is 18.1 Å². The number of carbonyl (C=O) groups is 2. The summed E-state index contributed by atoms with van der Waals surface area (Å²) in [5, 5.41) is 12.6. The summed E-state index contributed by atoms with van der Waals surface area (Å²) in [6.07, 6.45) is -1.48. The Hall–Kier alpha value is -2.50. The summed E-state index contributed by atoms with van der Waals surface area (Å²) < 4.78 is 54.8. The van der Waals surface area contributed by atoms with Gasteiger partial charge in [-0.05, 0) is 66.4 Å². The van der Waals surface area contributed by atoms with Crippen LogP contribution in [0.1, 0.15) is 50.2 Å². The second-order valence-electron chi connectivity index (χ2n) is 8.95. The number of nitrogens with zero attached hydrogens (tertiary/aromatic N) is 1. The Balaban J connectivity index is 0.00000320. The Morgan fingerprint density at radius 3 is 2.19 bits per heavy atom. The van der Waals surface area contributed by atoms with Gasteiger partial charge in [0.05, 0.1) is 27.7 Å². The van der Waals surface area contributed by atoms with Gasteiger partial charge in [0.15, 0.2) is 0 Å². The second kappa shape index (κ2) is 10.3. The molecule has 0 radical (unpaired) electrons. The van der Waals surface area contributed by atoms with Crippen molar-refractivity contribution in [1.29, 1.82) is 0 Å². The number of carboxylic acids is 1. The first-order chi connectivity index (χ1) is 17.1. The maximum absolute atomic E-state index is 14.4. The van der Waals surface area contributed by atoms with E-state index in [1.807, 2.05) is 0 Å². The number of amides is 1. The Morgan fingerprint density at radius 2 is 1.62 bits per heavy atom. The molecule has 2 N–H and O–H groups in total. The van der Waals surface area contributed by atoms with Gasteiger partial charge in [0.2, 0.25) is 0 Å². The van der Waals surface area contributed by atoms with Crippen LogP contribution in [-0.4, -0.2) is 72.9 Å². The van der Waals surface area contributed by atoms with Crippen molar-refractivity contribution in [3.05, 3.63) is 107 Å². The Bertz CT molecular complexity index is 1470. The van der Waals surface area contributed by atoms with Crippen molar-refractivity contribution in [2.75, 3.05) is 0 Å². The van der Waals surface area contributed by atoms with Crippen LogP contribution in [0.4, 0.5) is 17.6 Å². The first kappa shape index (κ1) is 27.5. The molecule has 37 heavy (non-hydrogen) atoms. The molecular weight excluding hydrogens is 515 g/mol. The number of hydrogen-bond acceptors (Lipinski definition) is 2. The summed E-state index contributed by atoms with van der Waals surface area (Å²) in [7, 11) is 0. The molecule has 5 nitrogen and oxygen atoms in total. The van der Waals surface area contributed by atoms with Gasteiger partial charge in [-0.2, -0.15) is 13.2 Å². The van der Waals surface area contributed by atoms with E-state index in [0.29, 0.717) is 29.3 Å². The van der Waals surface area contributed by atoms with Crippen molar-refractivity contribution >= 4 is 74.2 Å². The van der Waals surface area contributed by atoms with Crippen molar-refractivity contribution < 1.29 is 32.3 Å². The van der Waals surface area contributed by atoms with Gasteiger partial charge >= 0.3 is 63.5 Å². The van der Waals surface area contributed by atoms with Crippen molar-refractivity contribution in [3.8, 4) is 0 Å². The number of carbonyl (C=O) groups excluding carboxylic acids is 1. The second-order valence-corrected chi connectivity index (χ2v) is 8.95. The zero-order chi connectivity index (χ0) is 25.7. The fourth-order valence-electron chi connectivity index (χ4n) is 4.44. The quantitative estimate of drug-likeness (QED) is 0.259. The SMILES string of the molecule is O=C(O)c1ccc(C2(NC(=O)c3cc(F)cc4ccn(Cc5ccc(C(F)(F)F)cc5)c34)CC2)cc1.[KH]. The molecule has 1 fully saturated rings. The van der Waals surface area contributed by atoms with E-state index in [1.165, 1.54) is 30.3 Å². The average molecular weight is 537 g/mol. The van der Waals surface area contributed by atoms with Crippen LogP contribution in [0.5, 0.6) is 0 Å². The summed E-state index contributed by atoms with van der Waals surface area (Å²) in [4.78, 5) is 24.5. The molecular formula is C27H21F4KN2O3. The molecule has 0 bridgehead atoms. The summed E-state index contributed by atoms with van der Waals surface area (Å²) in [5.74, 6) is -2.13. The molecule has 4 aromatic rings. The number of hydrogen-bond donors (Lipinski definition) is 2. The van der Waals surface area contributed by atoms with Crippen molar-refractivity contribution in [1.82, 2.24) is 9.88 Å². The van der Waals surface area contributed by atoms with E-state index in [4.69, 9.17) is 5.11 Å². The van der Waals surface area contributed by atoms with Crippen LogP contribution in [0.3, 0.4) is 0 Å². The minimum absolute atomic E-state index is 0. The maximum atomic E-state index is 14.4. The van der Waals surface area contributed by atoms with E-state index in [-0.39, 0.29) is 69.1 Å². The number of nitrogens with one attached hydrogen (secondary N) is 1. The Morgan fingerprint density at radius 1 is 0.973 bits per heavy atom. The van der Waals surface area contributed by atoms with Crippen molar-refractivity contribution in [2.45, 2.75) is 31.1 Å². The van der Waals surface area contributed by atoms with Gasteiger partial charge in [-0.3, -0.25) is 4.79 Å². The Labute approximate surface area is 251 Å². The van der Waals surface area contributed by atoms with Crippen LogP contribution in [0.25, 0.3) is 10.9 Å². The molecule has 0 atom stereocenters. The standard InChI is InChI=1S/C27H20F4N2O3.K.H/c28-21-13-18-9-12-33(15-16-1-5-20(6-2-16)27(29,30)31)23(18)22(14-21)24(34)32-26(10-11-26)19-7-3-17(4-8-19)25(35)36;;/h1-9,12-14H,10-11,15H2,(H,32,34)(H,35,36);;. The van der Waals surface area contributed by atoms with Crippen molar-refractivity contribution in [2.24, 2.45) is 0 Å². The van der Waals surface area contributed by atoms with E-state index < -0.39 is 35.0 Å². The van der Waals surface area contributed by atoms with Gasteiger partial charge in [0.1, 0.15) is 5.82 Å². The fraction of sp³-hybridized carbons (Fsp3) is 0.185.